The number of amides is 1. The lowest BCUT2D eigenvalue weighted by Crippen LogP contribution is -2.52. The van der Waals surface area contributed by atoms with Gasteiger partial charge in [0.15, 0.2) is 6.10 Å². The molecule has 36 heavy (non-hydrogen) atoms. The molecule has 2 aromatic heterocycles. The molecule has 194 valence electrons. The van der Waals surface area contributed by atoms with Gasteiger partial charge in [0, 0.05) is 44.7 Å². The van der Waals surface area contributed by atoms with Crippen molar-refractivity contribution in [3.05, 3.63) is 36.4 Å². The molecule has 2 aromatic rings. The first-order valence-corrected chi connectivity index (χ1v) is 11.9. The summed E-state index contributed by atoms with van der Waals surface area (Å²) < 4.78 is 37.0. The SMILES string of the molecule is CNCCOC(=O)C1CN(c2ncc(N3CC[C@@H](Oc4ccc(CCC(C)(F)F)nc4)C3=O)cn2)C1. The molecular formula is C24H30F2N6O4. The lowest BCUT2D eigenvalue weighted by molar-refractivity contribution is -0.149. The minimum absolute atomic E-state index is 0.161. The summed E-state index contributed by atoms with van der Waals surface area (Å²) in [5, 5.41) is 2.92. The van der Waals surface area contributed by atoms with Gasteiger partial charge < -0.3 is 24.6 Å². The molecule has 2 aliphatic heterocycles. The quantitative estimate of drug-likeness (QED) is 0.362. The minimum atomic E-state index is -2.74. The van der Waals surface area contributed by atoms with Crippen LogP contribution in [0.25, 0.3) is 0 Å². The van der Waals surface area contributed by atoms with Crippen molar-refractivity contribution in [3.8, 4) is 5.75 Å². The lowest BCUT2D eigenvalue weighted by Gasteiger charge is -2.37. The molecule has 2 fully saturated rings. The van der Waals surface area contributed by atoms with Crippen LogP contribution in [0.5, 0.6) is 5.75 Å². The van der Waals surface area contributed by atoms with Crippen molar-refractivity contribution in [2.24, 2.45) is 5.92 Å². The standard InChI is InChI=1S/C24H30F2N6O4/c1-24(25,26)7-5-17-3-4-19(13-28-17)36-20-6-9-32(21(20)33)18-11-29-23(30-12-18)31-14-16(15-31)22(34)35-10-8-27-2/h3-4,11-13,16,20,27H,5-10,14-15H2,1-2H3/t20-/m1/s1. The summed E-state index contributed by atoms with van der Waals surface area (Å²) in [4.78, 5) is 41.2. The summed E-state index contributed by atoms with van der Waals surface area (Å²) in [7, 11) is 1.79. The second kappa shape index (κ2) is 11.1. The number of pyridine rings is 1. The predicted molar refractivity (Wildman–Crippen MR) is 127 cm³/mol. The van der Waals surface area contributed by atoms with Crippen LogP contribution in [0.3, 0.4) is 0 Å². The van der Waals surface area contributed by atoms with Crippen molar-refractivity contribution < 1.29 is 27.8 Å². The zero-order chi connectivity index (χ0) is 25.7. The van der Waals surface area contributed by atoms with Gasteiger partial charge >= 0.3 is 5.97 Å². The highest BCUT2D eigenvalue weighted by molar-refractivity contribution is 5.98. The van der Waals surface area contributed by atoms with Gasteiger partial charge in [-0.2, -0.15) is 0 Å². The van der Waals surface area contributed by atoms with Gasteiger partial charge in [0.05, 0.1) is 30.2 Å². The van der Waals surface area contributed by atoms with Crippen molar-refractivity contribution in [2.75, 3.05) is 49.6 Å². The van der Waals surface area contributed by atoms with Crippen LogP contribution in [0.1, 0.15) is 25.5 Å². The molecule has 0 aliphatic carbocycles. The molecule has 0 saturated carbocycles. The number of carbonyl (C=O) groups excluding carboxylic acids is 2. The highest BCUT2D eigenvalue weighted by Gasteiger charge is 2.37. The van der Waals surface area contributed by atoms with Gasteiger partial charge in [0.25, 0.3) is 5.91 Å². The number of alkyl halides is 2. The Morgan fingerprint density at radius 3 is 2.58 bits per heavy atom. The fourth-order valence-electron chi connectivity index (χ4n) is 3.94. The Bertz CT molecular complexity index is 1040. The summed E-state index contributed by atoms with van der Waals surface area (Å²) >= 11 is 0. The van der Waals surface area contributed by atoms with Gasteiger partial charge in [-0.15, -0.1) is 0 Å². The molecule has 12 heteroatoms. The van der Waals surface area contributed by atoms with Crippen molar-refractivity contribution in [3.63, 3.8) is 0 Å². The first kappa shape index (κ1) is 25.7. The Balaban J connectivity index is 1.26. The predicted octanol–water partition coefficient (Wildman–Crippen LogP) is 1.84. The molecule has 1 atom stereocenters. The first-order chi connectivity index (χ1) is 17.2. The number of halogens is 2. The van der Waals surface area contributed by atoms with E-state index in [2.05, 4.69) is 20.3 Å². The number of anilines is 2. The molecule has 0 bridgehead atoms. The lowest BCUT2D eigenvalue weighted by atomic mass is 10.0. The number of nitrogens with one attached hydrogen (secondary N) is 1. The average molecular weight is 505 g/mol. The van der Waals surface area contributed by atoms with Crippen LogP contribution in [-0.4, -0.2) is 78.7 Å². The molecule has 0 aromatic carbocycles. The normalized spacial score (nSPS) is 18.3. The van der Waals surface area contributed by atoms with Gasteiger partial charge in [-0.1, -0.05) is 0 Å². The number of nitrogens with zero attached hydrogens (tertiary/aromatic N) is 5. The fraction of sp³-hybridized carbons (Fsp3) is 0.542. The van der Waals surface area contributed by atoms with Gasteiger partial charge in [-0.25, -0.2) is 18.7 Å². The van der Waals surface area contributed by atoms with Crippen molar-refractivity contribution in [1.29, 1.82) is 0 Å². The Kier molecular flexibility index (Phi) is 7.92. The van der Waals surface area contributed by atoms with Crippen LogP contribution >= 0.6 is 0 Å². The van der Waals surface area contributed by atoms with E-state index in [0.29, 0.717) is 62.3 Å². The van der Waals surface area contributed by atoms with Crippen molar-refractivity contribution >= 4 is 23.5 Å². The third kappa shape index (κ3) is 6.42. The molecule has 1 N–H and O–H groups in total. The number of carbonyl (C=O) groups is 2. The summed E-state index contributed by atoms with van der Waals surface area (Å²) in [6.07, 6.45) is 4.31. The molecular weight excluding hydrogens is 474 g/mol. The number of aryl methyl sites for hydroxylation is 1. The third-order valence-corrected chi connectivity index (χ3v) is 6.08. The van der Waals surface area contributed by atoms with Crippen LogP contribution in [0.2, 0.25) is 0 Å². The third-order valence-electron chi connectivity index (χ3n) is 6.08. The first-order valence-electron chi connectivity index (χ1n) is 11.9. The molecule has 2 aliphatic rings. The van der Waals surface area contributed by atoms with E-state index < -0.39 is 12.0 Å². The zero-order valence-corrected chi connectivity index (χ0v) is 20.3. The molecule has 0 radical (unpaired) electrons. The molecule has 2 saturated heterocycles. The summed E-state index contributed by atoms with van der Waals surface area (Å²) in [6.45, 7) is 3.27. The van der Waals surface area contributed by atoms with Crippen LogP contribution < -0.4 is 19.9 Å². The monoisotopic (exact) mass is 504 g/mol. The van der Waals surface area contributed by atoms with Crippen LogP contribution in [-0.2, 0) is 20.7 Å². The Labute approximate surface area is 208 Å². The minimum Gasteiger partial charge on any atom is -0.479 e. The molecule has 4 heterocycles. The highest BCUT2D eigenvalue weighted by Crippen LogP contribution is 2.27. The van der Waals surface area contributed by atoms with Gasteiger partial charge in [-0.05, 0) is 32.5 Å². The summed E-state index contributed by atoms with van der Waals surface area (Å²) in [6, 6.07) is 3.27. The second-order valence-electron chi connectivity index (χ2n) is 9.05. The smallest absolute Gasteiger partial charge is 0.312 e. The Morgan fingerprint density at radius 1 is 1.19 bits per heavy atom. The van der Waals surface area contributed by atoms with E-state index >= 15 is 0 Å². The van der Waals surface area contributed by atoms with Crippen LogP contribution in [0, 0.1) is 5.92 Å². The van der Waals surface area contributed by atoms with E-state index in [4.69, 9.17) is 9.47 Å². The number of hydrogen-bond acceptors (Lipinski definition) is 9. The highest BCUT2D eigenvalue weighted by atomic mass is 19.3. The van der Waals surface area contributed by atoms with Crippen molar-refractivity contribution in [2.45, 2.75) is 38.2 Å². The van der Waals surface area contributed by atoms with Gasteiger partial charge in [0.1, 0.15) is 12.4 Å². The average Bonchev–Trinajstić information content (AvgIpc) is 3.18. The van der Waals surface area contributed by atoms with E-state index in [0.717, 1.165) is 6.92 Å². The van der Waals surface area contributed by atoms with Crippen LogP contribution in [0.15, 0.2) is 30.7 Å². The number of likely N-dealkylation sites (N-methyl/N-ethyl adjacent to an activating group) is 1. The largest absolute Gasteiger partial charge is 0.479 e. The number of esters is 1. The molecule has 0 spiro atoms. The number of rotatable bonds is 11. The van der Waals surface area contributed by atoms with E-state index in [-0.39, 0.29) is 30.6 Å². The van der Waals surface area contributed by atoms with Crippen LogP contribution in [0.4, 0.5) is 20.4 Å². The number of ether oxygens (including phenoxy) is 2. The maximum Gasteiger partial charge on any atom is 0.312 e. The second-order valence-corrected chi connectivity index (χ2v) is 9.05. The van der Waals surface area contributed by atoms with E-state index in [1.165, 1.54) is 6.20 Å². The number of hydrogen-bond donors (Lipinski definition) is 1. The summed E-state index contributed by atoms with van der Waals surface area (Å²) in [5.41, 5.74) is 1.10. The maximum atomic E-state index is 13.0. The van der Waals surface area contributed by atoms with E-state index in [9.17, 15) is 18.4 Å². The zero-order valence-electron chi connectivity index (χ0n) is 20.3. The molecule has 1 amide bonds. The number of aromatic nitrogens is 3. The molecule has 0 unspecified atom stereocenters. The summed E-state index contributed by atoms with van der Waals surface area (Å²) in [5.74, 6) is -2.47. The van der Waals surface area contributed by atoms with Crippen molar-refractivity contribution in [1.82, 2.24) is 20.3 Å². The van der Waals surface area contributed by atoms with E-state index in [1.54, 1.807) is 36.5 Å². The molecule has 10 nitrogen and oxygen atoms in total. The maximum absolute atomic E-state index is 13.0. The van der Waals surface area contributed by atoms with E-state index in [1.807, 2.05) is 4.90 Å². The fourth-order valence-corrected chi connectivity index (χ4v) is 3.94. The topological polar surface area (TPSA) is 110 Å². The van der Waals surface area contributed by atoms with Gasteiger partial charge in [-0.3, -0.25) is 14.6 Å². The van der Waals surface area contributed by atoms with Gasteiger partial charge in [0.2, 0.25) is 11.9 Å². The Hall–Kier alpha value is -3.41. The molecule has 4 rings (SSSR count). The Morgan fingerprint density at radius 2 is 1.94 bits per heavy atom.